The molecule has 0 saturated heterocycles. The molecule has 0 radical (unpaired) electrons. The van der Waals surface area contributed by atoms with Crippen LogP contribution in [0.25, 0.3) is 6.08 Å². The van der Waals surface area contributed by atoms with Crippen molar-refractivity contribution < 1.29 is 23.2 Å². The number of benzene rings is 1. The molecule has 0 aromatic heterocycles. The summed E-state index contributed by atoms with van der Waals surface area (Å²) in [5.41, 5.74) is 7.99. The maximum absolute atomic E-state index is 2.49. The van der Waals surface area contributed by atoms with E-state index in [1.165, 1.54) is 11.1 Å². The second kappa shape index (κ2) is 5.20. The van der Waals surface area contributed by atoms with Crippen LogP contribution in [-0.4, -0.2) is 0 Å². The topological polar surface area (TPSA) is 0 Å². The van der Waals surface area contributed by atoms with Gasteiger partial charge in [-0.3, -0.25) is 0 Å². The van der Waals surface area contributed by atoms with Crippen molar-refractivity contribution in [3.8, 4) is 0 Å². The summed E-state index contributed by atoms with van der Waals surface area (Å²) in [6, 6.07) is 8.92. The minimum atomic E-state index is -0.694. The number of allylic oxidation sites excluding steroid dienone is 5. The first-order chi connectivity index (χ1) is 9.84. The Morgan fingerprint density at radius 2 is 1.67 bits per heavy atom. The van der Waals surface area contributed by atoms with Gasteiger partial charge in [0.2, 0.25) is 0 Å². The Morgan fingerprint density at radius 1 is 1.00 bits per heavy atom. The fourth-order valence-electron chi connectivity index (χ4n) is 3.63. The van der Waals surface area contributed by atoms with E-state index in [0.29, 0.717) is 5.92 Å². The van der Waals surface area contributed by atoms with Crippen molar-refractivity contribution in [3.05, 3.63) is 58.7 Å². The average Bonchev–Trinajstić information content (AvgIpc) is 2.85. The van der Waals surface area contributed by atoms with Gasteiger partial charge in [0.25, 0.3) is 0 Å². The van der Waals surface area contributed by atoms with Crippen LogP contribution < -0.4 is 0 Å². The molecule has 0 saturated carbocycles. The van der Waals surface area contributed by atoms with E-state index in [1.807, 2.05) is 0 Å². The van der Waals surface area contributed by atoms with E-state index in [9.17, 15) is 0 Å². The van der Waals surface area contributed by atoms with Crippen LogP contribution >= 0.6 is 0 Å². The molecule has 0 fully saturated rings. The molecule has 108 valence electrons. The van der Waals surface area contributed by atoms with Gasteiger partial charge in [-0.25, -0.2) is 0 Å². The van der Waals surface area contributed by atoms with Gasteiger partial charge in [-0.2, -0.15) is 0 Å². The number of hydrogen-bond donors (Lipinski definition) is 0. The average molecular weight is 356 g/mol. The molecule has 0 amide bonds. The van der Waals surface area contributed by atoms with Gasteiger partial charge < -0.3 is 0 Å². The third-order valence-electron chi connectivity index (χ3n) is 5.57. The summed E-state index contributed by atoms with van der Waals surface area (Å²) >= 11 is -0.694. The quantitative estimate of drug-likeness (QED) is 0.621. The zero-order valence-corrected chi connectivity index (χ0v) is 16.4. The molecule has 21 heavy (non-hydrogen) atoms. The predicted molar refractivity (Wildman–Crippen MR) is 87.7 cm³/mol. The van der Waals surface area contributed by atoms with Crippen molar-refractivity contribution in [3.63, 3.8) is 0 Å². The van der Waals surface area contributed by atoms with Crippen LogP contribution in [0.1, 0.15) is 58.6 Å². The van der Waals surface area contributed by atoms with E-state index < -0.39 is 23.2 Å². The van der Waals surface area contributed by atoms with E-state index in [4.69, 9.17) is 0 Å². The van der Waals surface area contributed by atoms with Crippen LogP contribution in [0.5, 0.6) is 0 Å². The summed E-state index contributed by atoms with van der Waals surface area (Å²) in [6.07, 6.45) is 2.49. The fourth-order valence-corrected chi connectivity index (χ4v) is 7.96. The predicted octanol–water partition coefficient (Wildman–Crippen LogP) is 5.88. The summed E-state index contributed by atoms with van der Waals surface area (Å²) in [6.45, 7) is 14.2. The molecule has 0 N–H and O–H groups in total. The van der Waals surface area contributed by atoms with E-state index in [2.05, 4.69) is 71.9 Å². The van der Waals surface area contributed by atoms with Crippen molar-refractivity contribution in [1.29, 1.82) is 0 Å². The molecule has 0 nitrogen and oxygen atoms in total. The standard InChI is InChI=1S/C10H9.C10H15.Zr/c1-8-6-7-9-4-2-3-5-10(8)9;1-7-6-10(4,5)9(3)8(7)2;/h2-5,7-8H,1H3;1-5H3;. The molecule has 1 atom stereocenters. The molecule has 0 heterocycles. The Morgan fingerprint density at radius 3 is 2.24 bits per heavy atom. The fraction of sp³-hybridized carbons (Fsp3) is 0.400. The van der Waals surface area contributed by atoms with Crippen molar-refractivity contribution in [2.75, 3.05) is 0 Å². The number of fused-ring (bicyclic) bond motifs is 1. The molecular formula is C20H24Zr. The van der Waals surface area contributed by atoms with Crippen LogP contribution in [0.4, 0.5) is 0 Å². The molecule has 1 aromatic carbocycles. The summed E-state index contributed by atoms with van der Waals surface area (Å²) in [7, 11) is 0. The van der Waals surface area contributed by atoms with Crippen molar-refractivity contribution in [2.24, 2.45) is 5.41 Å². The molecule has 0 aliphatic heterocycles. The first-order valence-corrected chi connectivity index (χ1v) is 10.3. The number of rotatable bonds is 2. The van der Waals surface area contributed by atoms with E-state index in [-0.39, 0.29) is 5.41 Å². The van der Waals surface area contributed by atoms with Crippen molar-refractivity contribution in [1.82, 2.24) is 0 Å². The van der Waals surface area contributed by atoms with Crippen LogP contribution in [0.3, 0.4) is 0 Å². The summed E-state index contributed by atoms with van der Waals surface area (Å²) < 4.78 is 3.52. The van der Waals surface area contributed by atoms with E-state index in [1.54, 1.807) is 23.3 Å². The second-order valence-electron chi connectivity index (χ2n) is 6.95. The molecule has 2 aliphatic rings. The van der Waals surface area contributed by atoms with Crippen molar-refractivity contribution >= 4 is 6.08 Å². The van der Waals surface area contributed by atoms with Crippen LogP contribution in [-0.2, 0) is 23.2 Å². The molecule has 2 aliphatic carbocycles. The molecule has 3 rings (SSSR count). The Balaban J connectivity index is 1.94. The molecule has 0 bridgehead atoms. The monoisotopic (exact) mass is 354 g/mol. The molecule has 1 unspecified atom stereocenters. The summed E-state index contributed by atoms with van der Waals surface area (Å²) in [5.74, 6) is 0.630. The first kappa shape index (κ1) is 15.2. The minimum absolute atomic E-state index is 0.287. The van der Waals surface area contributed by atoms with Gasteiger partial charge in [0, 0.05) is 0 Å². The molecular weight excluding hydrogens is 331 g/mol. The number of hydrogen-bond acceptors (Lipinski definition) is 0. The van der Waals surface area contributed by atoms with Gasteiger partial charge in [-0.1, -0.05) is 0 Å². The normalized spacial score (nSPS) is 23.5. The van der Waals surface area contributed by atoms with Crippen LogP contribution in [0, 0.1) is 5.41 Å². The van der Waals surface area contributed by atoms with Gasteiger partial charge in [0.15, 0.2) is 0 Å². The summed E-state index contributed by atoms with van der Waals surface area (Å²) in [5, 5.41) is 0. The van der Waals surface area contributed by atoms with Gasteiger partial charge >= 0.3 is 141 Å². The van der Waals surface area contributed by atoms with Crippen LogP contribution in [0.2, 0.25) is 0 Å². The Bertz CT molecular complexity index is 698. The van der Waals surface area contributed by atoms with Gasteiger partial charge in [0.05, 0.1) is 0 Å². The third-order valence-corrected chi connectivity index (χ3v) is 10.8. The molecule has 1 aromatic rings. The zero-order valence-electron chi connectivity index (χ0n) is 14.0. The van der Waals surface area contributed by atoms with Crippen molar-refractivity contribution in [2.45, 2.75) is 47.5 Å². The Labute approximate surface area is 140 Å². The van der Waals surface area contributed by atoms with Gasteiger partial charge in [-0.15, -0.1) is 0 Å². The molecule has 0 spiro atoms. The van der Waals surface area contributed by atoms with Gasteiger partial charge in [0.1, 0.15) is 0 Å². The Hall–Kier alpha value is -0.677. The van der Waals surface area contributed by atoms with E-state index in [0.717, 1.165) is 0 Å². The summed E-state index contributed by atoms with van der Waals surface area (Å²) in [4.78, 5) is 0. The zero-order chi connectivity index (χ0) is 15.4. The first-order valence-electron chi connectivity index (χ1n) is 7.81. The maximum atomic E-state index is 2.49. The third kappa shape index (κ3) is 2.29. The molecule has 1 heteroatoms. The second-order valence-corrected chi connectivity index (χ2v) is 10.2. The van der Waals surface area contributed by atoms with E-state index >= 15 is 0 Å². The van der Waals surface area contributed by atoms with Crippen LogP contribution in [0.15, 0.2) is 47.5 Å². The Kier molecular flexibility index (Phi) is 3.77. The SMILES string of the molecule is CC1=C(C)C(C)(C)[C]([Zr][C]2=Cc3ccccc3C2C)=C1C. The van der Waals surface area contributed by atoms with Gasteiger partial charge in [-0.05, 0) is 0 Å².